The van der Waals surface area contributed by atoms with Crippen LogP contribution in [-0.2, 0) is 16.6 Å². The first-order valence-corrected chi connectivity index (χ1v) is 9.81. The molecule has 1 amide bonds. The van der Waals surface area contributed by atoms with Crippen molar-refractivity contribution in [1.82, 2.24) is 14.8 Å². The number of hydrogen-bond acceptors (Lipinski definition) is 4. The number of aromatic nitrogens is 1. The van der Waals surface area contributed by atoms with Crippen LogP contribution in [0, 0.1) is 6.92 Å². The quantitative estimate of drug-likeness (QED) is 0.484. The number of likely N-dealkylation sites (N-methyl/N-ethyl adjacent to an activating group) is 1. The maximum absolute atomic E-state index is 12.8. The third kappa shape index (κ3) is 5.15. The number of fused-ring (bicyclic) bond motifs is 1. The number of amides is 1. The number of carbonyl (C=O) groups is 2. The molecule has 0 saturated carbocycles. The smallest absolute Gasteiger partial charge is 0.354 e. The molecule has 1 N–H and O–H groups in total. The van der Waals surface area contributed by atoms with Crippen molar-refractivity contribution in [2.45, 2.75) is 6.92 Å². The van der Waals surface area contributed by atoms with Crippen LogP contribution >= 0.6 is 0 Å². The van der Waals surface area contributed by atoms with Gasteiger partial charge >= 0.3 is 5.97 Å². The molecule has 2 aromatic carbocycles. The molecule has 0 aliphatic carbocycles. The number of ether oxygens (including phenoxy) is 1. The molecule has 0 spiro atoms. The van der Waals surface area contributed by atoms with E-state index in [1.165, 1.54) is 0 Å². The summed E-state index contributed by atoms with van der Waals surface area (Å²) < 4.78 is 7.38. The Morgan fingerprint density at radius 1 is 1.10 bits per heavy atom. The molecule has 0 saturated heterocycles. The highest BCUT2D eigenvalue weighted by Crippen LogP contribution is 2.22. The van der Waals surface area contributed by atoms with Crippen LogP contribution in [0.5, 0.6) is 0 Å². The predicted octanol–water partition coefficient (Wildman–Crippen LogP) is 3.36. The fourth-order valence-electron chi connectivity index (χ4n) is 3.09. The number of para-hydroxylation sites is 1. The van der Waals surface area contributed by atoms with Gasteiger partial charge in [-0.1, -0.05) is 35.9 Å². The topological polar surface area (TPSA) is 63.6 Å². The zero-order valence-corrected chi connectivity index (χ0v) is 17.8. The van der Waals surface area contributed by atoms with Gasteiger partial charge in [0, 0.05) is 41.8 Å². The lowest BCUT2D eigenvalue weighted by molar-refractivity contribution is -0.139. The third-order valence-corrected chi connectivity index (χ3v) is 4.78. The molecule has 1 aromatic heterocycles. The Labute approximate surface area is 176 Å². The first-order chi connectivity index (χ1) is 14.3. The molecule has 0 radical (unpaired) electrons. The number of esters is 1. The summed E-state index contributed by atoms with van der Waals surface area (Å²) in [7, 11) is 5.75. The largest absolute Gasteiger partial charge is 0.460 e. The van der Waals surface area contributed by atoms with Crippen LogP contribution in [-0.4, -0.2) is 48.6 Å². The first-order valence-electron chi connectivity index (χ1n) is 9.81. The van der Waals surface area contributed by atoms with Crippen molar-refractivity contribution in [3.63, 3.8) is 0 Å². The Balaban J connectivity index is 1.92. The van der Waals surface area contributed by atoms with Gasteiger partial charge in [-0.05, 0) is 45.3 Å². The number of aryl methyl sites for hydroxylation is 2. The lowest BCUT2D eigenvalue weighted by atomic mass is 10.1. The summed E-state index contributed by atoms with van der Waals surface area (Å²) in [4.78, 5) is 27.4. The Kier molecular flexibility index (Phi) is 6.69. The van der Waals surface area contributed by atoms with E-state index in [0.29, 0.717) is 12.1 Å². The highest BCUT2D eigenvalue weighted by atomic mass is 16.5. The summed E-state index contributed by atoms with van der Waals surface area (Å²) in [5.74, 6) is -0.920. The first kappa shape index (κ1) is 21.3. The lowest BCUT2D eigenvalue weighted by Crippen LogP contribution is -2.30. The fourth-order valence-corrected chi connectivity index (χ4v) is 3.09. The molecule has 0 fully saturated rings. The van der Waals surface area contributed by atoms with E-state index in [-0.39, 0.29) is 18.2 Å². The second kappa shape index (κ2) is 9.41. The summed E-state index contributed by atoms with van der Waals surface area (Å²) in [6.45, 7) is 2.79. The summed E-state index contributed by atoms with van der Waals surface area (Å²) in [6, 6.07) is 15.1. The van der Waals surface area contributed by atoms with E-state index in [4.69, 9.17) is 4.74 Å². The summed E-state index contributed by atoms with van der Waals surface area (Å²) in [5.41, 5.74) is 3.51. The number of nitrogens with one attached hydrogen (secondary N) is 1. The number of hydrogen-bond donors (Lipinski definition) is 1. The maximum atomic E-state index is 12.8. The van der Waals surface area contributed by atoms with Gasteiger partial charge in [0.25, 0.3) is 5.91 Å². The summed E-state index contributed by atoms with van der Waals surface area (Å²) in [5, 5.41) is 3.73. The number of benzene rings is 2. The van der Waals surface area contributed by atoms with Crippen LogP contribution in [0.1, 0.15) is 21.5 Å². The molecule has 3 rings (SSSR count). The zero-order valence-electron chi connectivity index (χ0n) is 17.8. The average molecular weight is 405 g/mol. The molecule has 1 heterocycles. The highest BCUT2D eigenvalue weighted by Gasteiger charge is 2.17. The van der Waals surface area contributed by atoms with Gasteiger partial charge in [-0.3, -0.25) is 4.79 Å². The van der Waals surface area contributed by atoms with E-state index in [2.05, 4.69) is 5.32 Å². The standard InChI is InChI=1S/C24H27N3O3/c1-17-9-11-18(12-10-17)23(28)25-21(24(29)30-14-13-26(2)3)15-19-16-27(4)22-8-6-5-7-20(19)22/h5-12,15-16H,13-14H2,1-4H3,(H,25,28)/b21-15-. The van der Waals surface area contributed by atoms with Crippen LogP contribution in [0.15, 0.2) is 60.4 Å². The highest BCUT2D eigenvalue weighted by molar-refractivity contribution is 6.04. The lowest BCUT2D eigenvalue weighted by Gasteiger charge is -2.13. The number of nitrogens with zero attached hydrogens (tertiary/aromatic N) is 2. The van der Waals surface area contributed by atoms with Crippen LogP contribution in [0.4, 0.5) is 0 Å². The van der Waals surface area contributed by atoms with Gasteiger partial charge in [0.05, 0.1) is 0 Å². The molecule has 156 valence electrons. The van der Waals surface area contributed by atoms with Gasteiger partial charge in [-0.15, -0.1) is 0 Å². The van der Waals surface area contributed by atoms with Crippen LogP contribution in [0.3, 0.4) is 0 Å². The van der Waals surface area contributed by atoms with E-state index < -0.39 is 5.97 Å². The van der Waals surface area contributed by atoms with Crippen molar-refractivity contribution >= 4 is 28.9 Å². The average Bonchev–Trinajstić information content (AvgIpc) is 3.03. The molecule has 0 aliphatic heterocycles. The Morgan fingerprint density at radius 3 is 2.50 bits per heavy atom. The molecule has 0 atom stereocenters. The summed E-state index contributed by atoms with van der Waals surface area (Å²) >= 11 is 0. The van der Waals surface area contributed by atoms with E-state index in [0.717, 1.165) is 22.0 Å². The van der Waals surface area contributed by atoms with Gasteiger partial charge in [-0.25, -0.2) is 4.79 Å². The normalized spacial score (nSPS) is 11.7. The second-order valence-corrected chi connectivity index (χ2v) is 7.53. The second-order valence-electron chi connectivity index (χ2n) is 7.53. The van der Waals surface area contributed by atoms with Gasteiger partial charge in [0.2, 0.25) is 0 Å². The van der Waals surface area contributed by atoms with Gasteiger partial charge < -0.3 is 19.5 Å². The summed E-state index contributed by atoms with van der Waals surface area (Å²) in [6.07, 6.45) is 3.60. The van der Waals surface area contributed by atoms with Crippen molar-refractivity contribution in [2.24, 2.45) is 7.05 Å². The van der Waals surface area contributed by atoms with Gasteiger partial charge in [0.1, 0.15) is 12.3 Å². The number of rotatable bonds is 7. The third-order valence-electron chi connectivity index (χ3n) is 4.78. The Morgan fingerprint density at radius 2 is 1.80 bits per heavy atom. The molecule has 30 heavy (non-hydrogen) atoms. The van der Waals surface area contributed by atoms with E-state index in [1.807, 2.05) is 80.1 Å². The van der Waals surface area contributed by atoms with Crippen molar-refractivity contribution in [3.8, 4) is 0 Å². The zero-order chi connectivity index (χ0) is 21.7. The van der Waals surface area contributed by atoms with Gasteiger partial charge in [0.15, 0.2) is 0 Å². The minimum atomic E-state index is -0.565. The van der Waals surface area contributed by atoms with E-state index in [9.17, 15) is 9.59 Å². The van der Waals surface area contributed by atoms with E-state index in [1.54, 1.807) is 18.2 Å². The minimum absolute atomic E-state index is 0.107. The molecule has 6 nitrogen and oxygen atoms in total. The van der Waals surface area contributed by atoms with Gasteiger partial charge in [-0.2, -0.15) is 0 Å². The van der Waals surface area contributed by atoms with Crippen molar-refractivity contribution in [3.05, 3.63) is 77.1 Å². The predicted molar refractivity (Wildman–Crippen MR) is 119 cm³/mol. The van der Waals surface area contributed by atoms with Crippen molar-refractivity contribution < 1.29 is 14.3 Å². The monoisotopic (exact) mass is 405 g/mol. The Bertz CT molecular complexity index is 1080. The molecule has 0 aliphatic rings. The van der Waals surface area contributed by atoms with Crippen LogP contribution < -0.4 is 5.32 Å². The molecule has 6 heteroatoms. The Hall–Kier alpha value is -3.38. The SMILES string of the molecule is Cc1ccc(C(=O)N/C(=C\c2cn(C)c3ccccc23)C(=O)OCCN(C)C)cc1. The minimum Gasteiger partial charge on any atom is -0.460 e. The fraction of sp³-hybridized carbons (Fsp3) is 0.250. The molecule has 0 bridgehead atoms. The van der Waals surface area contributed by atoms with Crippen LogP contribution in [0.2, 0.25) is 0 Å². The maximum Gasteiger partial charge on any atom is 0.354 e. The van der Waals surface area contributed by atoms with Crippen molar-refractivity contribution in [1.29, 1.82) is 0 Å². The van der Waals surface area contributed by atoms with Crippen molar-refractivity contribution in [2.75, 3.05) is 27.2 Å². The molecule has 0 unspecified atom stereocenters. The molecular weight excluding hydrogens is 378 g/mol. The number of carbonyl (C=O) groups excluding carboxylic acids is 2. The molecule has 3 aromatic rings. The van der Waals surface area contributed by atoms with Crippen LogP contribution in [0.25, 0.3) is 17.0 Å². The molecular formula is C24H27N3O3. The van der Waals surface area contributed by atoms with E-state index >= 15 is 0 Å².